The number of aromatic nitrogens is 3. The predicted molar refractivity (Wildman–Crippen MR) is 123 cm³/mol. The molecule has 0 fully saturated rings. The van der Waals surface area contributed by atoms with E-state index in [1.165, 1.54) is 0 Å². The molecule has 0 bridgehead atoms. The van der Waals surface area contributed by atoms with Crippen molar-refractivity contribution in [1.82, 2.24) is 19.9 Å². The molecule has 11 nitrogen and oxygen atoms in total. The summed E-state index contributed by atoms with van der Waals surface area (Å²) in [6.45, 7) is 1.17. The molecule has 1 aliphatic rings. The highest BCUT2D eigenvalue weighted by atomic mass is 35.5. The van der Waals surface area contributed by atoms with Crippen LogP contribution in [0.2, 0.25) is 5.02 Å². The van der Waals surface area contributed by atoms with Gasteiger partial charge in [0.1, 0.15) is 35.1 Å². The van der Waals surface area contributed by atoms with Crippen molar-refractivity contribution in [2.45, 2.75) is 19.0 Å². The SMILES string of the molecule is N#CNC1=NC(c2cc(Cl)ccc2OCCCn2ccnc2)c2c(nc(N)c(C#N)c2N)N1. The first-order valence-electron chi connectivity index (χ1n) is 9.88. The van der Waals surface area contributed by atoms with Gasteiger partial charge in [-0.25, -0.2) is 15.0 Å². The Bertz CT molecular complexity index is 1290. The van der Waals surface area contributed by atoms with Gasteiger partial charge in [-0.05, 0) is 24.6 Å². The molecule has 2 aromatic heterocycles. The van der Waals surface area contributed by atoms with Gasteiger partial charge in [-0.1, -0.05) is 11.6 Å². The number of halogens is 1. The molecule has 3 heterocycles. The quantitative estimate of drug-likeness (QED) is 0.243. The predicted octanol–water partition coefficient (Wildman–Crippen LogP) is 2.38. The van der Waals surface area contributed by atoms with Crippen molar-refractivity contribution in [2.75, 3.05) is 23.4 Å². The van der Waals surface area contributed by atoms with E-state index in [2.05, 4.69) is 25.6 Å². The van der Waals surface area contributed by atoms with Crippen molar-refractivity contribution >= 4 is 34.9 Å². The molecule has 0 aliphatic carbocycles. The molecule has 0 saturated heterocycles. The molecule has 0 radical (unpaired) electrons. The van der Waals surface area contributed by atoms with Crippen molar-refractivity contribution in [2.24, 2.45) is 4.99 Å². The maximum atomic E-state index is 9.50. The Morgan fingerprint density at radius 3 is 2.88 bits per heavy atom. The van der Waals surface area contributed by atoms with E-state index < -0.39 is 6.04 Å². The molecular weight excluding hydrogens is 444 g/mol. The third kappa shape index (κ3) is 4.44. The van der Waals surface area contributed by atoms with Crippen LogP contribution in [0.5, 0.6) is 5.75 Å². The molecule has 33 heavy (non-hydrogen) atoms. The van der Waals surface area contributed by atoms with E-state index in [1.807, 2.05) is 23.0 Å². The zero-order valence-corrected chi connectivity index (χ0v) is 18.0. The number of nitrogens with zero attached hydrogens (tertiary/aromatic N) is 6. The highest BCUT2D eigenvalue weighted by Gasteiger charge is 2.31. The monoisotopic (exact) mass is 462 g/mol. The number of hydrogen-bond acceptors (Lipinski definition) is 10. The van der Waals surface area contributed by atoms with Crippen molar-refractivity contribution in [3.05, 3.63) is 58.6 Å². The van der Waals surface area contributed by atoms with Gasteiger partial charge in [0.05, 0.1) is 18.6 Å². The number of pyridine rings is 1. The number of nitrogen functional groups attached to an aromatic ring is 2. The van der Waals surface area contributed by atoms with Gasteiger partial charge in [-0.2, -0.15) is 10.5 Å². The van der Waals surface area contributed by atoms with Crippen molar-refractivity contribution in [3.63, 3.8) is 0 Å². The lowest BCUT2D eigenvalue weighted by Gasteiger charge is -2.27. The number of hydrogen-bond donors (Lipinski definition) is 4. The summed E-state index contributed by atoms with van der Waals surface area (Å²) in [5, 5.41) is 24.4. The molecule has 1 aliphatic heterocycles. The number of imidazole rings is 1. The Hall–Kier alpha value is -4.48. The lowest BCUT2D eigenvalue weighted by molar-refractivity contribution is 0.298. The second kappa shape index (κ2) is 9.34. The average Bonchev–Trinajstić information content (AvgIpc) is 3.31. The number of aryl methyl sites for hydroxylation is 1. The normalized spacial score (nSPS) is 14.3. The van der Waals surface area contributed by atoms with Gasteiger partial charge in [-0.15, -0.1) is 0 Å². The fourth-order valence-electron chi connectivity index (χ4n) is 3.52. The summed E-state index contributed by atoms with van der Waals surface area (Å²) in [4.78, 5) is 12.9. The van der Waals surface area contributed by atoms with Gasteiger partial charge >= 0.3 is 0 Å². The van der Waals surface area contributed by atoms with Crippen LogP contribution in [0.25, 0.3) is 0 Å². The maximum absolute atomic E-state index is 9.50. The molecule has 6 N–H and O–H groups in total. The van der Waals surface area contributed by atoms with Crippen molar-refractivity contribution in [3.8, 4) is 18.0 Å². The summed E-state index contributed by atoms with van der Waals surface area (Å²) < 4.78 is 8.01. The lowest BCUT2D eigenvalue weighted by Crippen LogP contribution is -2.33. The molecule has 12 heteroatoms. The van der Waals surface area contributed by atoms with E-state index in [0.717, 1.165) is 13.0 Å². The average molecular weight is 463 g/mol. The Balaban J connectivity index is 1.72. The largest absolute Gasteiger partial charge is 0.493 e. The van der Waals surface area contributed by atoms with Crippen LogP contribution in [0.15, 0.2) is 41.9 Å². The van der Waals surface area contributed by atoms with E-state index >= 15 is 0 Å². The van der Waals surface area contributed by atoms with Crippen molar-refractivity contribution < 1.29 is 4.74 Å². The number of nitrogens with one attached hydrogen (secondary N) is 2. The van der Waals surface area contributed by atoms with Crippen LogP contribution in [-0.4, -0.2) is 27.1 Å². The fourth-order valence-corrected chi connectivity index (χ4v) is 3.70. The van der Waals surface area contributed by atoms with Gasteiger partial charge in [0.15, 0.2) is 6.19 Å². The van der Waals surface area contributed by atoms with Crippen LogP contribution in [0.3, 0.4) is 0 Å². The summed E-state index contributed by atoms with van der Waals surface area (Å²) in [5.41, 5.74) is 13.4. The fraction of sp³-hybridized carbons (Fsp3) is 0.190. The zero-order valence-electron chi connectivity index (χ0n) is 17.3. The van der Waals surface area contributed by atoms with Gasteiger partial charge < -0.3 is 26.1 Å². The molecule has 1 aromatic carbocycles. The highest BCUT2D eigenvalue weighted by molar-refractivity contribution is 6.30. The first-order chi connectivity index (χ1) is 16.0. The van der Waals surface area contributed by atoms with Gasteiger partial charge in [0, 0.05) is 35.1 Å². The molecule has 0 spiro atoms. The molecule has 4 rings (SSSR count). The van der Waals surface area contributed by atoms with Crippen LogP contribution in [0, 0.1) is 22.8 Å². The van der Waals surface area contributed by atoms with E-state index in [-0.39, 0.29) is 28.8 Å². The standard InChI is InChI=1S/C21H19ClN10O/c22-12-2-3-15(33-7-1-5-32-6-4-27-11-32)13(8-12)18-16-17(25)14(9-23)19(26)30-20(16)31-21(29-18)28-10-24/h2-4,6,8,11,18H,1,5,7H2,(H6,25,26,28,29,30,31). The Morgan fingerprint density at radius 2 is 2.15 bits per heavy atom. The summed E-state index contributed by atoms with van der Waals surface area (Å²) >= 11 is 6.30. The van der Waals surface area contributed by atoms with Crippen LogP contribution < -0.4 is 26.8 Å². The maximum Gasteiger partial charge on any atom is 0.211 e. The van der Waals surface area contributed by atoms with Crippen LogP contribution in [0.4, 0.5) is 17.3 Å². The minimum Gasteiger partial charge on any atom is -0.493 e. The highest BCUT2D eigenvalue weighted by Crippen LogP contribution is 2.43. The number of nitriles is 2. The molecule has 166 valence electrons. The third-order valence-corrected chi connectivity index (χ3v) is 5.24. The van der Waals surface area contributed by atoms with Gasteiger partial charge in [0.25, 0.3) is 0 Å². The van der Waals surface area contributed by atoms with Crippen LogP contribution >= 0.6 is 11.6 Å². The summed E-state index contributed by atoms with van der Waals surface area (Å²) in [7, 11) is 0. The smallest absolute Gasteiger partial charge is 0.211 e. The topological polar surface area (TPSA) is 176 Å². The van der Waals surface area contributed by atoms with E-state index in [0.29, 0.717) is 28.5 Å². The number of nitrogens with two attached hydrogens (primary N) is 2. The number of guanidine groups is 1. The minimum absolute atomic E-state index is 0.0275. The number of benzene rings is 1. The lowest BCUT2D eigenvalue weighted by atomic mass is 9.94. The number of ether oxygens (including phenoxy) is 1. The zero-order chi connectivity index (χ0) is 23.4. The number of fused-ring (bicyclic) bond motifs is 1. The summed E-state index contributed by atoms with van der Waals surface area (Å²) in [6, 6.07) is 6.40. The second-order valence-corrected chi connectivity index (χ2v) is 7.52. The second-order valence-electron chi connectivity index (χ2n) is 7.09. The van der Waals surface area contributed by atoms with E-state index in [1.54, 1.807) is 30.7 Å². The summed E-state index contributed by atoms with van der Waals surface area (Å²) in [5.74, 6) is 0.947. The Labute approximate surface area is 194 Å². The van der Waals surface area contributed by atoms with Crippen molar-refractivity contribution in [1.29, 1.82) is 10.5 Å². The first kappa shape index (κ1) is 21.7. The van der Waals surface area contributed by atoms with Crippen LogP contribution in [-0.2, 0) is 6.54 Å². The Kier molecular flexibility index (Phi) is 6.15. The number of anilines is 3. The van der Waals surface area contributed by atoms with E-state index in [9.17, 15) is 5.26 Å². The van der Waals surface area contributed by atoms with E-state index in [4.69, 9.17) is 33.1 Å². The van der Waals surface area contributed by atoms with Crippen LogP contribution in [0.1, 0.15) is 29.2 Å². The van der Waals surface area contributed by atoms with Gasteiger partial charge in [-0.3, -0.25) is 5.32 Å². The third-order valence-electron chi connectivity index (χ3n) is 5.00. The first-order valence-corrected chi connectivity index (χ1v) is 10.3. The molecule has 0 amide bonds. The summed E-state index contributed by atoms with van der Waals surface area (Å²) in [6.07, 6.45) is 7.91. The minimum atomic E-state index is -0.750. The van der Waals surface area contributed by atoms with Gasteiger partial charge in [0.2, 0.25) is 5.96 Å². The molecule has 0 saturated carbocycles. The molecule has 1 unspecified atom stereocenters. The Morgan fingerprint density at radius 1 is 1.30 bits per heavy atom. The molecule has 3 aromatic rings. The number of rotatable bonds is 6. The number of aliphatic imine (C=N–C) groups is 1. The molecular formula is C21H19ClN10O. The molecule has 1 atom stereocenters.